The van der Waals surface area contributed by atoms with E-state index in [-0.39, 0.29) is 17.9 Å². The van der Waals surface area contributed by atoms with Crippen LogP contribution < -0.4 is 11.1 Å². The van der Waals surface area contributed by atoms with Crippen molar-refractivity contribution in [3.8, 4) is 0 Å². The number of hydrogen-bond donors (Lipinski definition) is 2. The zero-order valence-electron chi connectivity index (χ0n) is 8.96. The molecule has 82 valence electrons. The van der Waals surface area contributed by atoms with Crippen molar-refractivity contribution < 1.29 is 4.39 Å². The predicted molar refractivity (Wildman–Crippen MR) is 59.1 cm³/mol. The summed E-state index contributed by atoms with van der Waals surface area (Å²) in [6.45, 7) is 2.74. The molecule has 0 radical (unpaired) electrons. The van der Waals surface area contributed by atoms with E-state index in [1.165, 1.54) is 6.07 Å². The van der Waals surface area contributed by atoms with Crippen molar-refractivity contribution in [3.05, 3.63) is 35.1 Å². The highest BCUT2D eigenvalue weighted by Crippen LogP contribution is 2.23. The number of rotatable bonds is 1. The molecule has 1 aromatic rings. The van der Waals surface area contributed by atoms with Gasteiger partial charge in [0.25, 0.3) is 0 Å². The van der Waals surface area contributed by atoms with E-state index in [1.807, 2.05) is 12.1 Å². The Morgan fingerprint density at radius 3 is 2.93 bits per heavy atom. The number of piperidine rings is 1. The maximum Gasteiger partial charge on any atom is 0.126 e. The fourth-order valence-corrected chi connectivity index (χ4v) is 2.09. The van der Waals surface area contributed by atoms with Gasteiger partial charge < -0.3 is 11.1 Å². The number of nitrogens with two attached hydrogens (primary N) is 1. The van der Waals surface area contributed by atoms with Gasteiger partial charge in [0.2, 0.25) is 0 Å². The summed E-state index contributed by atoms with van der Waals surface area (Å²) >= 11 is 0. The Kier molecular flexibility index (Phi) is 3.03. The molecule has 3 heteroatoms. The Labute approximate surface area is 89.7 Å². The monoisotopic (exact) mass is 208 g/mol. The molecule has 0 amide bonds. The summed E-state index contributed by atoms with van der Waals surface area (Å²) in [5.41, 5.74) is 7.76. The smallest absolute Gasteiger partial charge is 0.126 e. The van der Waals surface area contributed by atoms with Crippen LogP contribution >= 0.6 is 0 Å². The van der Waals surface area contributed by atoms with Crippen molar-refractivity contribution in [1.82, 2.24) is 5.32 Å². The molecule has 0 saturated carbocycles. The molecule has 2 nitrogen and oxygen atoms in total. The number of aryl methyl sites for hydroxylation is 1. The third kappa shape index (κ3) is 2.36. The molecule has 0 spiro atoms. The Morgan fingerprint density at radius 2 is 2.27 bits per heavy atom. The van der Waals surface area contributed by atoms with Crippen LogP contribution in [-0.2, 0) is 0 Å². The van der Waals surface area contributed by atoms with Crippen LogP contribution in [0.2, 0.25) is 0 Å². The van der Waals surface area contributed by atoms with Gasteiger partial charge in [-0.05, 0) is 43.5 Å². The fraction of sp³-hybridized carbons (Fsp3) is 0.500. The molecule has 1 heterocycles. The fourth-order valence-electron chi connectivity index (χ4n) is 2.09. The first-order valence-electron chi connectivity index (χ1n) is 5.42. The van der Waals surface area contributed by atoms with Crippen molar-refractivity contribution in [2.75, 3.05) is 6.54 Å². The topological polar surface area (TPSA) is 38.0 Å². The Hall–Kier alpha value is -0.930. The first-order chi connectivity index (χ1) is 7.16. The van der Waals surface area contributed by atoms with E-state index in [4.69, 9.17) is 5.73 Å². The van der Waals surface area contributed by atoms with Gasteiger partial charge in [0.1, 0.15) is 5.82 Å². The Morgan fingerprint density at radius 1 is 1.47 bits per heavy atom. The average molecular weight is 208 g/mol. The lowest BCUT2D eigenvalue weighted by atomic mass is 9.93. The maximum absolute atomic E-state index is 13.1. The molecule has 0 aromatic heterocycles. The lowest BCUT2D eigenvalue weighted by Crippen LogP contribution is -2.38. The summed E-state index contributed by atoms with van der Waals surface area (Å²) < 4.78 is 13.1. The number of nitrogens with one attached hydrogen (secondary N) is 1. The summed E-state index contributed by atoms with van der Waals surface area (Å²) in [6.07, 6.45) is 1.96. The highest BCUT2D eigenvalue weighted by molar-refractivity contribution is 5.27. The van der Waals surface area contributed by atoms with Crippen LogP contribution in [0.15, 0.2) is 18.2 Å². The zero-order valence-corrected chi connectivity index (χ0v) is 8.96. The summed E-state index contributed by atoms with van der Waals surface area (Å²) in [4.78, 5) is 0. The first-order valence-corrected chi connectivity index (χ1v) is 5.42. The second-order valence-corrected chi connectivity index (χ2v) is 4.30. The van der Waals surface area contributed by atoms with Crippen molar-refractivity contribution in [2.24, 2.45) is 5.73 Å². The Bertz CT molecular complexity index is 351. The molecule has 0 aliphatic carbocycles. The van der Waals surface area contributed by atoms with Crippen LogP contribution in [0.25, 0.3) is 0 Å². The quantitative estimate of drug-likeness (QED) is 0.739. The molecule has 1 aliphatic heterocycles. The van der Waals surface area contributed by atoms with Gasteiger partial charge in [0.15, 0.2) is 0 Å². The van der Waals surface area contributed by atoms with E-state index < -0.39 is 0 Å². The van der Waals surface area contributed by atoms with E-state index >= 15 is 0 Å². The second kappa shape index (κ2) is 4.29. The maximum atomic E-state index is 13.1. The molecule has 1 fully saturated rings. The predicted octanol–water partition coefficient (Wildman–Crippen LogP) is 1.89. The summed E-state index contributed by atoms with van der Waals surface area (Å²) in [7, 11) is 0. The summed E-state index contributed by atoms with van der Waals surface area (Å²) in [5, 5.41) is 3.41. The van der Waals surface area contributed by atoms with Crippen LogP contribution in [0.1, 0.15) is 30.0 Å². The highest BCUT2D eigenvalue weighted by atomic mass is 19.1. The Balaban J connectivity index is 2.18. The van der Waals surface area contributed by atoms with Crippen LogP contribution in [0.5, 0.6) is 0 Å². The third-order valence-electron chi connectivity index (χ3n) is 3.03. The van der Waals surface area contributed by atoms with Crippen molar-refractivity contribution in [3.63, 3.8) is 0 Å². The molecule has 0 unspecified atom stereocenters. The standard InChI is InChI=1S/C12H17FN2/c1-8-6-9(2-3-11(8)13)12-7-10(14)4-5-15-12/h2-3,6,10,12,15H,4-5,7,14H2,1H3/t10-,12+/m1/s1. The van der Waals surface area contributed by atoms with E-state index in [2.05, 4.69) is 5.32 Å². The van der Waals surface area contributed by atoms with Crippen molar-refractivity contribution in [2.45, 2.75) is 31.8 Å². The van der Waals surface area contributed by atoms with E-state index in [1.54, 1.807) is 6.92 Å². The molecule has 2 atom stereocenters. The SMILES string of the molecule is Cc1cc([C@@H]2C[C@H](N)CCN2)ccc1F. The summed E-state index contributed by atoms with van der Waals surface area (Å²) in [5.74, 6) is -0.140. The zero-order chi connectivity index (χ0) is 10.8. The molecular weight excluding hydrogens is 191 g/mol. The van der Waals surface area contributed by atoms with Gasteiger partial charge in [-0.15, -0.1) is 0 Å². The van der Waals surface area contributed by atoms with E-state index in [0.29, 0.717) is 5.56 Å². The van der Waals surface area contributed by atoms with Gasteiger partial charge in [-0.2, -0.15) is 0 Å². The molecular formula is C12H17FN2. The molecule has 0 bridgehead atoms. The van der Waals surface area contributed by atoms with Gasteiger partial charge in [0.05, 0.1) is 0 Å². The second-order valence-electron chi connectivity index (χ2n) is 4.30. The van der Waals surface area contributed by atoms with Gasteiger partial charge >= 0.3 is 0 Å². The van der Waals surface area contributed by atoms with Crippen LogP contribution in [0.3, 0.4) is 0 Å². The van der Waals surface area contributed by atoms with Gasteiger partial charge in [-0.25, -0.2) is 4.39 Å². The normalized spacial score (nSPS) is 26.6. The minimum Gasteiger partial charge on any atom is -0.328 e. The minimum atomic E-state index is -0.140. The molecule has 15 heavy (non-hydrogen) atoms. The van der Waals surface area contributed by atoms with Gasteiger partial charge in [0, 0.05) is 12.1 Å². The van der Waals surface area contributed by atoms with Crippen molar-refractivity contribution >= 4 is 0 Å². The van der Waals surface area contributed by atoms with E-state index in [9.17, 15) is 4.39 Å². The van der Waals surface area contributed by atoms with Gasteiger partial charge in [-0.3, -0.25) is 0 Å². The molecule has 2 rings (SSSR count). The molecule has 3 N–H and O–H groups in total. The van der Waals surface area contributed by atoms with E-state index in [0.717, 1.165) is 24.9 Å². The molecule has 1 aromatic carbocycles. The van der Waals surface area contributed by atoms with Gasteiger partial charge in [-0.1, -0.05) is 12.1 Å². The first kappa shape index (κ1) is 10.6. The lowest BCUT2D eigenvalue weighted by molar-refractivity contribution is 0.369. The van der Waals surface area contributed by atoms with Crippen LogP contribution in [0.4, 0.5) is 4.39 Å². The molecule has 1 saturated heterocycles. The third-order valence-corrected chi connectivity index (χ3v) is 3.03. The molecule has 1 aliphatic rings. The number of halogens is 1. The number of benzene rings is 1. The van der Waals surface area contributed by atoms with Crippen molar-refractivity contribution in [1.29, 1.82) is 0 Å². The minimum absolute atomic E-state index is 0.140. The largest absolute Gasteiger partial charge is 0.328 e. The summed E-state index contributed by atoms with van der Waals surface area (Å²) in [6, 6.07) is 5.84. The highest BCUT2D eigenvalue weighted by Gasteiger charge is 2.20. The van der Waals surface area contributed by atoms with Crippen LogP contribution in [0, 0.1) is 12.7 Å². The number of hydrogen-bond acceptors (Lipinski definition) is 2. The van der Waals surface area contributed by atoms with Crippen LogP contribution in [-0.4, -0.2) is 12.6 Å². The lowest BCUT2D eigenvalue weighted by Gasteiger charge is -2.28. The average Bonchev–Trinajstić information content (AvgIpc) is 2.22.